The molecule has 0 heterocycles. The number of methoxy groups -OCH3 is 1. The number of aryl methyl sites for hydroxylation is 1. The fraction of sp³-hybridized carbons (Fsp3) is 0.500. The lowest BCUT2D eigenvalue weighted by atomic mass is 10.1. The number of nitrogens with one attached hydrogen (secondary N) is 1. The van der Waals surface area contributed by atoms with Crippen molar-refractivity contribution in [2.24, 2.45) is 0 Å². The minimum atomic E-state index is -0.475. The predicted octanol–water partition coefficient (Wildman–Crippen LogP) is 2.44. The van der Waals surface area contributed by atoms with Gasteiger partial charge in [0.25, 0.3) is 0 Å². The Morgan fingerprint density at radius 2 is 2.12 bits per heavy atom. The number of rotatable bonds is 5. The first kappa shape index (κ1) is 13.5. The second kappa shape index (κ2) is 5.70. The lowest BCUT2D eigenvalue weighted by molar-refractivity contribution is 0.407. The molecule has 3 heteroatoms. The van der Waals surface area contributed by atoms with Crippen molar-refractivity contribution in [3.63, 3.8) is 0 Å². The molecule has 92 valence electrons. The van der Waals surface area contributed by atoms with Crippen LogP contribution in [0.25, 0.3) is 0 Å². The molecule has 0 aliphatic heterocycles. The van der Waals surface area contributed by atoms with Crippen molar-refractivity contribution in [3.8, 4) is 11.8 Å². The van der Waals surface area contributed by atoms with Crippen molar-refractivity contribution in [3.05, 3.63) is 29.3 Å². The van der Waals surface area contributed by atoms with Crippen LogP contribution in [-0.2, 0) is 6.42 Å². The zero-order valence-corrected chi connectivity index (χ0v) is 11.0. The number of benzene rings is 1. The quantitative estimate of drug-likeness (QED) is 0.848. The molecule has 0 aromatic heterocycles. The Kier molecular flexibility index (Phi) is 4.53. The van der Waals surface area contributed by atoms with E-state index in [0.717, 1.165) is 18.7 Å². The fourth-order valence-corrected chi connectivity index (χ4v) is 1.65. The predicted molar refractivity (Wildman–Crippen MR) is 69.1 cm³/mol. The van der Waals surface area contributed by atoms with E-state index in [1.165, 1.54) is 11.1 Å². The van der Waals surface area contributed by atoms with E-state index in [0.29, 0.717) is 0 Å². The fourth-order valence-electron chi connectivity index (χ4n) is 1.65. The largest absolute Gasteiger partial charge is 0.496 e. The maximum absolute atomic E-state index is 8.90. The summed E-state index contributed by atoms with van der Waals surface area (Å²) >= 11 is 0. The molecule has 3 nitrogen and oxygen atoms in total. The lowest BCUT2D eigenvalue weighted by Crippen LogP contribution is -2.38. The van der Waals surface area contributed by atoms with Gasteiger partial charge in [-0.3, -0.25) is 5.32 Å². The Balaban J connectivity index is 2.63. The number of hydrogen-bond acceptors (Lipinski definition) is 3. The minimum Gasteiger partial charge on any atom is -0.496 e. The summed E-state index contributed by atoms with van der Waals surface area (Å²) < 4.78 is 5.32. The zero-order chi connectivity index (χ0) is 12.9. The van der Waals surface area contributed by atoms with E-state index in [1.54, 1.807) is 7.11 Å². The summed E-state index contributed by atoms with van der Waals surface area (Å²) in [5, 5.41) is 12.1. The van der Waals surface area contributed by atoms with Crippen LogP contribution in [0.3, 0.4) is 0 Å². The second-order valence-corrected chi connectivity index (χ2v) is 4.73. The molecule has 0 aliphatic rings. The summed E-state index contributed by atoms with van der Waals surface area (Å²) in [6.07, 6.45) is 0.857. The van der Waals surface area contributed by atoms with Crippen molar-refractivity contribution >= 4 is 0 Å². The molecule has 0 fully saturated rings. The standard InChI is InChI=1S/C14H20N2O/c1-11-5-6-13(17-4)12(9-11)7-8-16-14(2,3)10-15/h5-6,9,16H,7-8H2,1-4H3. The molecule has 0 radical (unpaired) electrons. The molecule has 0 aliphatic carbocycles. The Morgan fingerprint density at radius 3 is 2.71 bits per heavy atom. The summed E-state index contributed by atoms with van der Waals surface area (Å²) in [6, 6.07) is 8.37. The van der Waals surface area contributed by atoms with Crippen LogP contribution in [0.5, 0.6) is 5.75 Å². The smallest absolute Gasteiger partial charge is 0.122 e. The molecule has 17 heavy (non-hydrogen) atoms. The average molecular weight is 232 g/mol. The van der Waals surface area contributed by atoms with Crippen LogP contribution in [0.15, 0.2) is 18.2 Å². The van der Waals surface area contributed by atoms with E-state index in [2.05, 4.69) is 24.4 Å². The van der Waals surface area contributed by atoms with Crippen LogP contribution in [0.2, 0.25) is 0 Å². The molecule has 0 atom stereocenters. The summed E-state index contributed by atoms with van der Waals surface area (Å²) in [6.45, 7) is 6.58. The Bertz CT molecular complexity index is 419. The van der Waals surface area contributed by atoms with Crippen molar-refractivity contribution in [2.75, 3.05) is 13.7 Å². The molecule has 0 unspecified atom stereocenters. The molecule has 1 aromatic carbocycles. The average Bonchev–Trinajstić information content (AvgIpc) is 2.29. The highest BCUT2D eigenvalue weighted by Crippen LogP contribution is 2.19. The van der Waals surface area contributed by atoms with Crippen molar-refractivity contribution in [1.29, 1.82) is 5.26 Å². The van der Waals surface area contributed by atoms with Gasteiger partial charge in [0, 0.05) is 6.54 Å². The maximum Gasteiger partial charge on any atom is 0.122 e. The molecule has 0 saturated carbocycles. The van der Waals surface area contributed by atoms with Crippen LogP contribution in [0.1, 0.15) is 25.0 Å². The van der Waals surface area contributed by atoms with Gasteiger partial charge in [-0.2, -0.15) is 5.26 Å². The van der Waals surface area contributed by atoms with Gasteiger partial charge in [0.15, 0.2) is 0 Å². The first-order valence-corrected chi connectivity index (χ1v) is 5.78. The highest BCUT2D eigenvalue weighted by atomic mass is 16.5. The molecule has 1 N–H and O–H groups in total. The van der Waals surface area contributed by atoms with Gasteiger partial charge >= 0.3 is 0 Å². The maximum atomic E-state index is 8.90. The first-order chi connectivity index (χ1) is 7.98. The minimum absolute atomic E-state index is 0.475. The third-order valence-corrected chi connectivity index (χ3v) is 2.68. The van der Waals surface area contributed by atoms with Gasteiger partial charge in [-0.1, -0.05) is 17.7 Å². The second-order valence-electron chi connectivity index (χ2n) is 4.73. The van der Waals surface area contributed by atoms with E-state index in [-0.39, 0.29) is 0 Å². The topological polar surface area (TPSA) is 45.0 Å². The summed E-state index contributed by atoms with van der Waals surface area (Å²) in [7, 11) is 1.68. The number of nitriles is 1. The van der Waals surface area contributed by atoms with E-state index in [9.17, 15) is 0 Å². The summed E-state index contributed by atoms with van der Waals surface area (Å²) in [5.41, 5.74) is 1.92. The van der Waals surface area contributed by atoms with Crippen LogP contribution in [-0.4, -0.2) is 19.2 Å². The monoisotopic (exact) mass is 232 g/mol. The molecule has 1 rings (SSSR count). The van der Waals surface area contributed by atoms with Gasteiger partial charge in [-0.15, -0.1) is 0 Å². The molecular weight excluding hydrogens is 212 g/mol. The van der Waals surface area contributed by atoms with E-state index in [4.69, 9.17) is 10.00 Å². The SMILES string of the molecule is COc1ccc(C)cc1CCNC(C)(C)C#N. The van der Waals surface area contributed by atoms with Crippen molar-refractivity contribution in [2.45, 2.75) is 32.7 Å². The van der Waals surface area contributed by atoms with Crippen LogP contribution in [0, 0.1) is 18.3 Å². The first-order valence-electron chi connectivity index (χ1n) is 5.78. The zero-order valence-electron chi connectivity index (χ0n) is 11.0. The van der Waals surface area contributed by atoms with Gasteiger partial charge in [-0.05, 0) is 38.8 Å². The third-order valence-electron chi connectivity index (χ3n) is 2.68. The number of hydrogen-bond donors (Lipinski definition) is 1. The number of nitrogens with zero attached hydrogens (tertiary/aromatic N) is 1. The summed E-state index contributed by atoms with van der Waals surface area (Å²) in [4.78, 5) is 0. The molecule has 0 saturated heterocycles. The molecule has 1 aromatic rings. The van der Waals surface area contributed by atoms with Gasteiger partial charge in [0.1, 0.15) is 11.3 Å². The normalized spacial score (nSPS) is 11.0. The van der Waals surface area contributed by atoms with Crippen LogP contribution in [0.4, 0.5) is 0 Å². The Labute approximate surface area is 103 Å². The number of ether oxygens (including phenoxy) is 1. The Hall–Kier alpha value is -1.53. The third kappa shape index (κ3) is 4.08. The van der Waals surface area contributed by atoms with Crippen LogP contribution < -0.4 is 10.1 Å². The molecule has 0 amide bonds. The highest BCUT2D eigenvalue weighted by Gasteiger charge is 2.14. The van der Waals surface area contributed by atoms with E-state index >= 15 is 0 Å². The summed E-state index contributed by atoms with van der Waals surface area (Å²) in [5.74, 6) is 0.909. The molecule has 0 spiro atoms. The molecular formula is C14H20N2O. The highest BCUT2D eigenvalue weighted by molar-refractivity contribution is 5.37. The van der Waals surface area contributed by atoms with Crippen LogP contribution >= 0.6 is 0 Å². The molecule has 0 bridgehead atoms. The van der Waals surface area contributed by atoms with Gasteiger partial charge < -0.3 is 4.74 Å². The van der Waals surface area contributed by atoms with E-state index in [1.807, 2.05) is 26.0 Å². The Morgan fingerprint density at radius 1 is 1.41 bits per heavy atom. The van der Waals surface area contributed by atoms with Gasteiger partial charge in [-0.25, -0.2) is 0 Å². The lowest BCUT2D eigenvalue weighted by Gasteiger charge is -2.18. The van der Waals surface area contributed by atoms with E-state index < -0.39 is 5.54 Å². The van der Waals surface area contributed by atoms with Gasteiger partial charge in [0.2, 0.25) is 0 Å². The van der Waals surface area contributed by atoms with Crippen molar-refractivity contribution in [1.82, 2.24) is 5.32 Å². The van der Waals surface area contributed by atoms with Gasteiger partial charge in [0.05, 0.1) is 13.2 Å². The van der Waals surface area contributed by atoms with Crippen molar-refractivity contribution < 1.29 is 4.74 Å².